The predicted octanol–water partition coefficient (Wildman–Crippen LogP) is 4.17. The van der Waals surface area contributed by atoms with Crippen LogP contribution in [0.3, 0.4) is 0 Å². The third kappa shape index (κ3) is 4.29. The van der Waals surface area contributed by atoms with E-state index in [4.69, 9.17) is 4.74 Å². The summed E-state index contributed by atoms with van der Waals surface area (Å²) in [5.41, 5.74) is 8.07. The summed E-state index contributed by atoms with van der Waals surface area (Å²) in [6.07, 6.45) is 2.59. The molecule has 0 spiro atoms. The minimum atomic E-state index is -0.0323. The number of nitrogens with one attached hydrogen (secondary N) is 2. The lowest BCUT2D eigenvalue weighted by Gasteiger charge is -2.27. The largest absolute Gasteiger partial charge is 0.378 e. The second-order valence-corrected chi connectivity index (χ2v) is 9.08. The number of aromatic amines is 1. The van der Waals surface area contributed by atoms with Gasteiger partial charge in [-0.1, -0.05) is 30.3 Å². The highest BCUT2D eigenvalue weighted by atomic mass is 16.5. The first-order valence-corrected chi connectivity index (χ1v) is 12.2. The number of ether oxygens (including phenoxy) is 1. The number of rotatable bonds is 4. The number of amides is 2. The summed E-state index contributed by atoms with van der Waals surface area (Å²) in [4.78, 5) is 35.0. The SMILES string of the molecule is O=C1NCCc2[nH]c(-c3ccnc(-c4cccc(-c5cccc(C(=O)N6CCOCC6)c5)c4)c3)cc21. The Balaban J connectivity index is 1.29. The molecular weight excluding hydrogens is 452 g/mol. The minimum Gasteiger partial charge on any atom is -0.378 e. The monoisotopic (exact) mass is 478 g/mol. The molecule has 2 aromatic carbocycles. The zero-order valence-corrected chi connectivity index (χ0v) is 19.8. The summed E-state index contributed by atoms with van der Waals surface area (Å²) in [7, 11) is 0. The Bertz CT molecular complexity index is 1450. The Morgan fingerprint density at radius 1 is 0.889 bits per heavy atom. The van der Waals surface area contributed by atoms with Gasteiger partial charge in [0.15, 0.2) is 0 Å². The van der Waals surface area contributed by atoms with Crippen molar-refractivity contribution >= 4 is 11.8 Å². The number of hydrogen-bond acceptors (Lipinski definition) is 4. The van der Waals surface area contributed by atoms with E-state index >= 15 is 0 Å². The molecule has 4 heterocycles. The maximum Gasteiger partial charge on any atom is 0.254 e. The smallest absolute Gasteiger partial charge is 0.254 e. The number of morpholine rings is 1. The molecule has 2 aliphatic heterocycles. The van der Waals surface area contributed by atoms with Gasteiger partial charge in [0.05, 0.1) is 24.5 Å². The molecule has 2 aromatic heterocycles. The van der Waals surface area contributed by atoms with Crippen LogP contribution in [0.2, 0.25) is 0 Å². The van der Waals surface area contributed by atoms with Gasteiger partial charge in [0.2, 0.25) is 0 Å². The number of hydrogen-bond donors (Lipinski definition) is 2. The van der Waals surface area contributed by atoms with Crippen LogP contribution < -0.4 is 5.32 Å². The van der Waals surface area contributed by atoms with Gasteiger partial charge in [-0.3, -0.25) is 14.6 Å². The molecule has 0 aliphatic carbocycles. The molecule has 180 valence electrons. The van der Waals surface area contributed by atoms with E-state index in [2.05, 4.69) is 21.4 Å². The lowest BCUT2D eigenvalue weighted by Crippen LogP contribution is -2.40. The number of carbonyl (C=O) groups is 2. The van der Waals surface area contributed by atoms with Crippen LogP contribution in [0.4, 0.5) is 0 Å². The maximum atomic E-state index is 13.0. The average molecular weight is 479 g/mol. The van der Waals surface area contributed by atoms with Crippen molar-refractivity contribution in [2.45, 2.75) is 6.42 Å². The molecule has 0 saturated carbocycles. The number of nitrogens with zero attached hydrogens (tertiary/aromatic N) is 2. The van der Waals surface area contributed by atoms with Crippen molar-refractivity contribution < 1.29 is 14.3 Å². The molecule has 1 saturated heterocycles. The fourth-order valence-corrected chi connectivity index (χ4v) is 4.84. The topological polar surface area (TPSA) is 87.3 Å². The Labute approximate surface area is 209 Å². The van der Waals surface area contributed by atoms with Gasteiger partial charge in [-0.15, -0.1) is 0 Å². The van der Waals surface area contributed by atoms with Crippen molar-refractivity contribution in [1.29, 1.82) is 0 Å². The second-order valence-electron chi connectivity index (χ2n) is 9.08. The summed E-state index contributed by atoms with van der Waals surface area (Å²) in [6, 6.07) is 21.8. The van der Waals surface area contributed by atoms with E-state index in [0.29, 0.717) is 44.0 Å². The molecule has 2 N–H and O–H groups in total. The molecule has 2 amide bonds. The highest BCUT2D eigenvalue weighted by molar-refractivity contribution is 5.98. The van der Waals surface area contributed by atoms with Crippen LogP contribution in [0, 0.1) is 0 Å². The first-order chi connectivity index (χ1) is 17.7. The Kier molecular flexibility index (Phi) is 5.83. The number of aromatic nitrogens is 2. The third-order valence-electron chi connectivity index (χ3n) is 6.77. The molecule has 0 bridgehead atoms. The normalized spacial score (nSPS) is 15.3. The molecule has 6 rings (SSSR count). The van der Waals surface area contributed by atoms with Crippen molar-refractivity contribution in [3.05, 3.63) is 89.7 Å². The van der Waals surface area contributed by atoms with Crippen LogP contribution in [0.15, 0.2) is 72.9 Å². The van der Waals surface area contributed by atoms with Crippen molar-refractivity contribution in [3.63, 3.8) is 0 Å². The molecule has 4 aromatic rings. The molecule has 0 radical (unpaired) electrons. The van der Waals surface area contributed by atoms with E-state index in [0.717, 1.165) is 45.8 Å². The zero-order chi connectivity index (χ0) is 24.5. The summed E-state index contributed by atoms with van der Waals surface area (Å²) in [5.74, 6) is 0.00284. The van der Waals surface area contributed by atoms with Crippen LogP contribution in [0.1, 0.15) is 26.4 Å². The highest BCUT2D eigenvalue weighted by Crippen LogP contribution is 2.30. The van der Waals surface area contributed by atoms with E-state index < -0.39 is 0 Å². The van der Waals surface area contributed by atoms with E-state index in [1.807, 2.05) is 65.6 Å². The predicted molar refractivity (Wildman–Crippen MR) is 138 cm³/mol. The molecule has 1 fully saturated rings. The lowest BCUT2D eigenvalue weighted by molar-refractivity contribution is 0.0303. The van der Waals surface area contributed by atoms with Crippen molar-refractivity contribution in [2.24, 2.45) is 0 Å². The van der Waals surface area contributed by atoms with Crippen LogP contribution in [-0.2, 0) is 11.2 Å². The molecule has 0 atom stereocenters. The van der Waals surface area contributed by atoms with E-state index in [1.54, 1.807) is 6.20 Å². The number of pyridine rings is 1. The highest BCUT2D eigenvalue weighted by Gasteiger charge is 2.21. The summed E-state index contributed by atoms with van der Waals surface area (Å²) in [5, 5.41) is 2.89. The quantitative estimate of drug-likeness (QED) is 0.461. The fourth-order valence-electron chi connectivity index (χ4n) is 4.84. The van der Waals surface area contributed by atoms with Crippen LogP contribution in [0.5, 0.6) is 0 Å². The van der Waals surface area contributed by atoms with Crippen molar-refractivity contribution in [2.75, 3.05) is 32.8 Å². The van der Waals surface area contributed by atoms with Crippen LogP contribution in [-0.4, -0.2) is 59.5 Å². The van der Waals surface area contributed by atoms with Crippen molar-refractivity contribution in [1.82, 2.24) is 20.2 Å². The number of benzene rings is 2. The Hall–Kier alpha value is -4.23. The number of carbonyl (C=O) groups excluding carboxylic acids is 2. The minimum absolute atomic E-state index is 0.0323. The molecule has 7 nitrogen and oxygen atoms in total. The summed E-state index contributed by atoms with van der Waals surface area (Å²) >= 11 is 0. The molecule has 36 heavy (non-hydrogen) atoms. The van der Waals surface area contributed by atoms with E-state index in [-0.39, 0.29) is 11.8 Å². The maximum absolute atomic E-state index is 13.0. The first-order valence-electron chi connectivity index (χ1n) is 12.2. The number of fused-ring (bicyclic) bond motifs is 1. The van der Waals surface area contributed by atoms with E-state index in [1.165, 1.54) is 0 Å². The van der Waals surface area contributed by atoms with Gasteiger partial charge in [-0.25, -0.2) is 0 Å². The van der Waals surface area contributed by atoms with Gasteiger partial charge < -0.3 is 19.9 Å². The van der Waals surface area contributed by atoms with E-state index in [9.17, 15) is 9.59 Å². The van der Waals surface area contributed by atoms with Gasteiger partial charge in [-0.2, -0.15) is 0 Å². The average Bonchev–Trinajstić information content (AvgIpc) is 3.39. The zero-order valence-electron chi connectivity index (χ0n) is 19.8. The second kappa shape index (κ2) is 9.43. The van der Waals surface area contributed by atoms with Gasteiger partial charge in [-0.05, 0) is 47.5 Å². The molecule has 7 heteroatoms. The Morgan fingerprint density at radius 2 is 1.67 bits per heavy atom. The number of H-pyrrole nitrogens is 1. The van der Waals surface area contributed by atoms with Gasteiger partial charge in [0, 0.05) is 60.3 Å². The van der Waals surface area contributed by atoms with Crippen molar-refractivity contribution in [3.8, 4) is 33.6 Å². The standard InChI is InChI=1S/C29H26N4O3/c34-28-24-18-27(32-25(24)8-10-31-28)22-7-9-30-26(17-22)21-5-1-3-19(15-21)20-4-2-6-23(16-20)29(35)33-11-13-36-14-12-33/h1-7,9,15-18,32H,8,10-14H2,(H,31,34). The summed E-state index contributed by atoms with van der Waals surface area (Å²) < 4.78 is 5.38. The van der Waals surface area contributed by atoms with Gasteiger partial charge >= 0.3 is 0 Å². The Morgan fingerprint density at radius 3 is 2.50 bits per heavy atom. The lowest BCUT2D eigenvalue weighted by atomic mass is 9.99. The molecular formula is C29H26N4O3. The van der Waals surface area contributed by atoms with Gasteiger partial charge in [0.25, 0.3) is 11.8 Å². The van der Waals surface area contributed by atoms with Gasteiger partial charge in [0.1, 0.15) is 0 Å². The van der Waals surface area contributed by atoms with Crippen LogP contribution in [0.25, 0.3) is 33.6 Å². The third-order valence-corrected chi connectivity index (χ3v) is 6.77. The van der Waals surface area contributed by atoms with Crippen LogP contribution >= 0.6 is 0 Å². The fraction of sp³-hybridized carbons (Fsp3) is 0.207. The first kappa shape index (κ1) is 22.2. The molecule has 0 unspecified atom stereocenters. The summed E-state index contributed by atoms with van der Waals surface area (Å²) in [6.45, 7) is 3.05. The molecule has 2 aliphatic rings.